The fraction of sp³-hybridized carbons (Fsp3) is 0.824. The fourth-order valence-corrected chi connectivity index (χ4v) is 9.76. The van der Waals surface area contributed by atoms with Crippen molar-refractivity contribution in [2.75, 3.05) is 13.2 Å². The number of aliphatic hydroxyl groups is 2. The molecule has 74 heavy (non-hydrogen) atoms. The van der Waals surface area contributed by atoms with Gasteiger partial charge in [0.05, 0.1) is 25.4 Å². The SMILES string of the molecule is CCC/C=C\C/C=C\CCCCCCCC(=O)OCCCCCCCCCCC/C=C\C/C=C\CCCCCCCCCCCCCCCCCC(=O)NC(CO)C(O)/C=C/CCCCCCCCCCCCC. The molecule has 0 aliphatic carbocycles. The standard InChI is InChI=1S/C68H125NO5/c1-3-5-7-9-11-13-15-36-40-44-48-52-56-60-66(71)65(64-70)69-67(72)61-57-53-49-45-41-38-34-32-30-28-26-24-22-20-18-17-19-21-23-25-27-29-31-33-35-39-43-47-51-55-59-63-74-68(73)62-58-54-50-46-42-37-16-14-12-10-8-6-4-2/h8,10,14,16,19,21,25,27,56,60,65-66,70-71H,3-7,9,11-13,15,17-18,20,22-24,26,28-55,57-59,61-64H2,1-2H3,(H,69,72)/b10-8-,16-14-,21-19-,27-25-,60-56+. The zero-order chi connectivity index (χ0) is 53.6. The maximum Gasteiger partial charge on any atom is 0.305 e. The van der Waals surface area contributed by atoms with Crippen molar-refractivity contribution in [3.8, 4) is 0 Å². The van der Waals surface area contributed by atoms with Gasteiger partial charge in [0.15, 0.2) is 0 Å². The van der Waals surface area contributed by atoms with Crippen LogP contribution in [0.25, 0.3) is 0 Å². The van der Waals surface area contributed by atoms with Crippen molar-refractivity contribution >= 4 is 11.9 Å². The van der Waals surface area contributed by atoms with Gasteiger partial charge in [0.2, 0.25) is 5.91 Å². The lowest BCUT2D eigenvalue weighted by Gasteiger charge is -2.20. The minimum absolute atomic E-state index is 0.00307. The Bertz CT molecular complexity index is 1290. The molecule has 0 aliphatic heterocycles. The molecular weight excluding hydrogens is 911 g/mol. The van der Waals surface area contributed by atoms with E-state index >= 15 is 0 Å². The number of carbonyl (C=O) groups is 2. The van der Waals surface area contributed by atoms with E-state index in [0.29, 0.717) is 19.4 Å². The average Bonchev–Trinajstić information content (AvgIpc) is 3.40. The van der Waals surface area contributed by atoms with Gasteiger partial charge in [0, 0.05) is 12.8 Å². The third-order valence-electron chi connectivity index (χ3n) is 14.7. The van der Waals surface area contributed by atoms with Crippen LogP contribution in [0.3, 0.4) is 0 Å². The van der Waals surface area contributed by atoms with Crippen molar-refractivity contribution in [1.29, 1.82) is 0 Å². The number of amides is 1. The lowest BCUT2D eigenvalue weighted by atomic mass is 10.0. The second kappa shape index (κ2) is 63.1. The maximum absolute atomic E-state index is 12.5. The zero-order valence-electron chi connectivity index (χ0n) is 49.3. The number of ether oxygens (including phenoxy) is 1. The molecule has 0 radical (unpaired) electrons. The van der Waals surface area contributed by atoms with Gasteiger partial charge in [-0.25, -0.2) is 0 Å². The molecule has 0 saturated heterocycles. The third kappa shape index (κ3) is 58.8. The van der Waals surface area contributed by atoms with Gasteiger partial charge >= 0.3 is 5.97 Å². The molecule has 0 saturated carbocycles. The number of rotatable bonds is 60. The normalized spacial score (nSPS) is 13.0. The van der Waals surface area contributed by atoms with E-state index in [0.717, 1.165) is 57.8 Å². The number of aliphatic hydroxyl groups excluding tert-OH is 2. The summed E-state index contributed by atoms with van der Waals surface area (Å²) in [5.41, 5.74) is 0. The van der Waals surface area contributed by atoms with Gasteiger partial charge in [-0.2, -0.15) is 0 Å². The van der Waals surface area contributed by atoms with Crippen LogP contribution in [0.2, 0.25) is 0 Å². The summed E-state index contributed by atoms with van der Waals surface area (Å²) < 4.78 is 5.47. The summed E-state index contributed by atoms with van der Waals surface area (Å²) in [6, 6.07) is -0.627. The molecule has 432 valence electrons. The topological polar surface area (TPSA) is 95.9 Å². The van der Waals surface area contributed by atoms with Gasteiger partial charge in [0.1, 0.15) is 0 Å². The number of nitrogens with one attached hydrogen (secondary N) is 1. The minimum Gasteiger partial charge on any atom is -0.466 e. The van der Waals surface area contributed by atoms with E-state index in [1.54, 1.807) is 6.08 Å². The first-order valence-corrected chi connectivity index (χ1v) is 32.6. The van der Waals surface area contributed by atoms with Gasteiger partial charge in [0.25, 0.3) is 0 Å². The number of carbonyl (C=O) groups excluding carboxylic acids is 2. The molecule has 0 aromatic rings. The summed E-state index contributed by atoms with van der Waals surface area (Å²) in [7, 11) is 0. The summed E-state index contributed by atoms with van der Waals surface area (Å²) in [5, 5.41) is 23.1. The van der Waals surface area contributed by atoms with Crippen molar-refractivity contribution in [1.82, 2.24) is 5.32 Å². The molecule has 3 N–H and O–H groups in total. The van der Waals surface area contributed by atoms with Crippen LogP contribution >= 0.6 is 0 Å². The molecule has 0 aromatic carbocycles. The molecular formula is C68H125NO5. The first-order chi connectivity index (χ1) is 36.5. The number of allylic oxidation sites excluding steroid dienone is 9. The highest BCUT2D eigenvalue weighted by Crippen LogP contribution is 2.17. The maximum atomic E-state index is 12.5. The van der Waals surface area contributed by atoms with Gasteiger partial charge in [-0.1, -0.05) is 293 Å². The van der Waals surface area contributed by atoms with E-state index in [9.17, 15) is 19.8 Å². The van der Waals surface area contributed by atoms with Crippen molar-refractivity contribution < 1.29 is 24.5 Å². The van der Waals surface area contributed by atoms with Crippen LogP contribution < -0.4 is 5.32 Å². The third-order valence-corrected chi connectivity index (χ3v) is 14.7. The Balaban J connectivity index is 3.41. The van der Waals surface area contributed by atoms with Crippen molar-refractivity contribution in [3.05, 3.63) is 60.8 Å². The second-order valence-electron chi connectivity index (χ2n) is 22.1. The van der Waals surface area contributed by atoms with E-state index in [1.165, 1.54) is 250 Å². The van der Waals surface area contributed by atoms with E-state index in [2.05, 4.69) is 67.8 Å². The van der Waals surface area contributed by atoms with Crippen LogP contribution in [-0.4, -0.2) is 47.4 Å². The number of unbranched alkanes of at least 4 members (excludes halogenated alkanes) is 41. The number of esters is 1. The Morgan fingerprint density at radius 1 is 0.378 bits per heavy atom. The molecule has 2 atom stereocenters. The van der Waals surface area contributed by atoms with Crippen molar-refractivity contribution in [2.45, 2.75) is 347 Å². The Hall–Kier alpha value is -2.44. The lowest BCUT2D eigenvalue weighted by Crippen LogP contribution is -2.45. The summed E-state index contributed by atoms with van der Waals surface area (Å²) >= 11 is 0. The van der Waals surface area contributed by atoms with Crippen LogP contribution in [0.15, 0.2) is 60.8 Å². The first kappa shape index (κ1) is 71.6. The first-order valence-electron chi connectivity index (χ1n) is 32.6. The molecule has 0 aromatic heterocycles. The molecule has 2 unspecified atom stereocenters. The second-order valence-corrected chi connectivity index (χ2v) is 22.1. The van der Waals surface area contributed by atoms with Crippen LogP contribution in [0.5, 0.6) is 0 Å². The summed E-state index contributed by atoms with van der Waals surface area (Å²) in [4.78, 5) is 24.5. The van der Waals surface area contributed by atoms with Crippen LogP contribution in [0.4, 0.5) is 0 Å². The summed E-state index contributed by atoms with van der Waals surface area (Å²) in [6.07, 6.45) is 82.8. The van der Waals surface area contributed by atoms with Gasteiger partial charge in [-0.05, 0) is 89.9 Å². The van der Waals surface area contributed by atoms with E-state index < -0.39 is 12.1 Å². The van der Waals surface area contributed by atoms with E-state index in [4.69, 9.17) is 4.74 Å². The van der Waals surface area contributed by atoms with Crippen LogP contribution in [-0.2, 0) is 14.3 Å². The lowest BCUT2D eigenvalue weighted by molar-refractivity contribution is -0.143. The molecule has 0 rings (SSSR count). The van der Waals surface area contributed by atoms with Crippen LogP contribution in [0.1, 0.15) is 335 Å². The Kier molecular flexibility index (Phi) is 61.0. The van der Waals surface area contributed by atoms with Gasteiger partial charge in [-0.3, -0.25) is 9.59 Å². The Morgan fingerprint density at radius 3 is 1.08 bits per heavy atom. The highest BCUT2D eigenvalue weighted by Gasteiger charge is 2.18. The predicted octanol–water partition coefficient (Wildman–Crippen LogP) is 20.7. The molecule has 0 heterocycles. The van der Waals surface area contributed by atoms with Crippen LogP contribution in [0, 0.1) is 0 Å². The molecule has 0 fully saturated rings. The zero-order valence-corrected chi connectivity index (χ0v) is 49.3. The quantitative estimate of drug-likeness (QED) is 0.0320. The summed E-state index contributed by atoms with van der Waals surface area (Å²) in [5.74, 6) is -0.0705. The Morgan fingerprint density at radius 2 is 0.703 bits per heavy atom. The van der Waals surface area contributed by atoms with Crippen molar-refractivity contribution in [3.63, 3.8) is 0 Å². The largest absolute Gasteiger partial charge is 0.466 e. The molecule has 1 amide bonds. The number of hydrogen-bond acceptors (Lipinski definition) is 5. The fourth-order valence-electron chi connectivity index (χ4n) is 9.76. The molecule has 0 spiro atoms. The monoisotopic (exact) mass is 1040 g/mol. The van der Waals surface area contributed by atoms with Crippen molar-refractivity contribution in [2.24, 2.45) is 0 Å². The minimum atomic E-state index is -0.844. The summed E-state index contributed by atoms with van der Waals surface area (Å²) in [6.45, 7) is 4.83. The number of hydrogen-bond donors (Lipinski definition) is 3. The van der Waals surface area contributed by atoms with E-state index in [1.807, 2.05) is 6.08 Å². The molecule has 0 bridgehead atoms. The predicted molar refractivity (Wildman–Crippen MR) is 324 cm³/mol. The average molecular weight is 1040 g/mol. The molecule has 6 heteroatoms. The van der Waals surface area contributed by atoms with Gasteiger partial charge in [-0.15, -0.1) is 0 Å². The smallest absolute Gasteiger partial charge is 0.305 e. The van der Waals surface area contributed by atoms with Gasteiger partial charge < -0.3 is 20.3 Å². The Labute approximate surface area is 460 Å². The molecule has 6 nitrogen and oxygen atoms in total. The highest BCUT2D eigenvalue weighted by molar-refractivity contribution is 5.76. The van der Waals surface area contributed by atoms with E-state index in [-0.39, 0.29) is 18.5 Å². The molecule has 0 aliphatic rings. The highest BCUT2D eigenvalue weighted by atomic mass is 16.5.